The van der Waals surface area contributed by atoms with Crippen molar-refractivity contribution in [3.05, 3.63) is 0 Å². The van der Waals surface area contributed by atoms with Crippen molar-refractivity contribution in [2.45, 2.75) is 19.3 Å². The van der Waals surface area contributed by atoms with E-state index in [9.17, 15) is 0 Å². The second kappa shape index (κ2) is 6.62. The van der Waals surface area contributed by atoms with E-state index in [0.29, 0.717) is 0 Å². The molecule has 1 heterocycles. The Morgan fingerprint density at radius 2 is 1.80 bits per heavy atom. The molecule has 1 aliphatic heterocycles. The molecule has 0 bridgehead atoms. The van der Waals surface area contributed by atoms with E-state index >= 15 is 0 Å². The smallest absolute Gasteiger partial charge is 0.120 e. The molecule has 60 valence electrons. The van der Waals surface area contributed by atoms with E-state index in [1.54, 1.807) is 0 Å². The molecule has 10 heavy (non-hydrogen) atoms. The van der Waals surface area contributed by atoms with Crippen LogP contribution in [0, 0.1) is 0 Å². The minimum Gasteiger partial charge on any atom is -0.238 e. The monoisotopic (exact) mass is 333 g/mol. The van der Waals surface area contributed by atoms with Gasteiger partial charge in [-0.05, 0) is 12.8 Å². The van der Waals surface area contributed by atoms with Crippen LogP contribution in [0.2, 0.25) is 0 Å². The fourth-order valence-corrected chi connectivity index (χ4v) is 1.49. The molecule has 0 aromatic carbocycles. The van der Waals surface area contributed by atoms with Crippen LogP contribution >= 0.6 is 12.2 Å². The van der Waals surface area contributed by atoms with E-state index < -0.39 is 0 Å². The second-order valence-electron chi connectivity index (χ2n) is 2.14. The SMILES string of the molecule is OOSN1CCCCC1.[W]. The topological polar surface area (TPSA) is 32.7 Å². The summed E-state index contributed by atoms with van der Waals surface area (Å²) < 4.78 is 5.94. The predicted molar refractivity (Wildman–Crippen MR) is 36.7 cm³/mol. The molecule has 0 aliphatic carbocycles. The molecule has 0 atom stereocenters. The van der Waals surface area contributed by atoms with Crippen molar-refractivity contribution >= 4 is 12.2 Å². The Morgan fingerprint density at radius 1 is 1.20 bits per heavy atom. The fraction of sp³-hybridized carbons (Fsp3) is 1.00. The Kier molecular flexibility index (Phi) is 7.23. The summed E-state index contributed by atoms with van der Waals surface area (Å²) >= 11 is 1.04. The molecule has 0 radical (unpaired) electrons. The van der Waals surface area contributed by atoms with Gasteiger partial charge in [-0.1, -0.05) is 6.42 Å². The first kappa shape index (κ1) is 10.9. The largest absolute Gasteiger partial charge is 0.238 e. The predicted octanol–water partition coefficient (Wildman–Crippen LogP) is 1.52. The van der Waals surface area contributed by atoms with Crippen molar-refractivity contribution in [2.75, 3.05) is 13.1 Å². The Labute approximate surface area is 79.6 Å². The van der Waals surface area contributed by atoms with Crippen LogP contribution in [0.1, 0.15) is 19.3 Å². The maximum atomic E-state index is 8.04. The molecule has 5 heteroatoms. The summed E-state index contributed by atoms with van der Waals surface area (Å²) in [4.78, 5) is 0. The first-order chi connectivity index (χ1) is 4.43. The quantitative estimate of drug-likeness (QED) is 0.360. The number of rotatable bonds is 2. The summed E-state index contributed by atoms with van der Waals surface area (Å²) in [5.41, 5.74) is 0. The van der Waals surface area contributed by atoms with Crippen molar-refractivity contribution in [1.29, 1.82) is 0 Å². The molecule has 1 rings (SSSR count). The first-order valence-corrected chi connectivity index (χ1v) is 3.86. The van der Waals surface area contributed by atoms with Crippen LogP contribution in [0.4, 0.5) is 0 Å². The van der Waals surface area contributed by atoms with Crippen molar-refractivity contribution in [3.63, 3.8) is 0 Å². The summed E-state index contributed by atoms with van der Waals surface area (Å²) in [7, 11) is 0. The molecule has 0 unspecified atom stereocenters. The van der Waals surface area contributed by atoms with Crippen molar-refractivity contribution in [1.82, 2.24) is 4.31 Å². The van der Waals surface area contributed by atoms with Gasteiger partial charge in [-0.2, -0.15) is 0 Å². The number of nitrogens with zero attached hydrogens (tertiary/aromatic N) is 1. The van der Waals surface area contributed by atoms with Gasteiger partial charge in [0.15, 0.2) is 0 Å². The number of hydrogen-bond donors (Lipinski definition) is 1. The van der Waals surface area contributed by atoms with E-state index in [0.717, 1.165) is 25.3 Å². The van der Waals surface area contributed by atoms with Gasteiger partial charge in [-0.15, -0.1) is 4.33 Å². The van der Waals surface area contributed by atoms with Gasteiger partial charge in [-0.3, -0.25) is 0 Å². The van der Waals surface area contributed by atoms with E-state index in [1.807, 2.05) is 4.31 Å². The normalized spacial score (nSPS) is 20.1. The molecule has 1 fully saturated rings. The van der Waals surface area contributed by atoms with Gasteiger partial charge in [0.2, 0.25) is 0 Å². The Balaban J connectivity index is 0.000000810. The first-order valence-electron chi connectivity index (χ1n) is 3.16. The summed E-state index contributed by atoms with van der Waals surface area (Å²) in [5, 5.41) is 8.04. The zero-order valence-electron chi connectivity index (χ0n) is 5.65. The molecule has 0 aromatic heterocycles. The van der Waals surface area contributed by atoms with Crippen molar-refractivity contribution in [3.8, 4) is 0 Å². The molecular formula is C5H11NO2SW. The van der Waals surface area contributed by atoms with Crippen LogP contribution < -0.4 is 0 Å². The van der Waals surface area contributed by atoms with Crippen LogP contribution in [0.5, 0.6) is 0 Å². The third-order valence-electron chi connectivity index (χ3n) is 1.45. The molecule has 0 saturated carbocycles. The van der Waals surface area contributed by atoms with Gasteiger partial charge in [-0.25, -0.2) is 9.56 Å². The van der Waals surface area contributed by atoms with Crippen molar-refractivity contribution < 1.29 is 30.7 Å². The van der Waals surface area contributed by atoms with E-state index in [-0.39, 0.29) is 21.1 Å². The van der Waals surface area contributed by atoms with E-state index in [2.05, 4.69) is 4.33 Å². The molecule has 0 spiro atoms. The second-order valence-corrected chi connectivity index (χ2v) is 2.95. The average molecular weight is 333 g/mol. The van der Waals surface area contributed by atoms with Gasteiger partial charge in [0.1, 0.15) is 12.2 Å². The van der Waals surface area contributed by atoms with Crippen LogP contribution in [-0.2, 0) is 25.4 Å². The van der Waals surface area contributed by atoms with Gasteiger partial charge >= 0.3 is 0 Å². The van der Waals surface area contributed by atoms with E-state index in [4.69, 9.17) is 5.26 Å². The summed E-state index contributed by atoms with van der Waals surface area (Å²) in [6.07, 6.45) is 3.75. The third-order valence-corrected chi connectivity index (χ3v) is 2.10. The molecule has 1 N–H and O–H groups in total. The molecule has 0 aromatic rings. The maximum absolute atomic E-state index is 8.04. The molecule has 1 saturated heterocycles. The Morgan fingerprint density at radius 3 is 2.30 bits per heavy atom. The fourth-order valence-electron chi connectivity index (χ4n) is 0.987. The van der Waals surface area contributed by atoms with Crippen molar-refractivity contribution in [2.24, 2.45) is 0 Å². The minimum atomic E-state index is 0. The standard InChI is InChI=1S/C5H11NO2S.W/c7-8-9-6-4-2-1-3-5-6;/h7H,1-5H2;. The molecule has 1 aliphatic rings. The van der Waals surface area contributed by atoms with Gasteiger partial charge in [0.25, 0.3) is 0 Å². The Hall–Kier alpha value is 0.918. The van der Waals surface area contributed by atoms with Gasteiger partial charge in [0.05, 0.1) is 0 Å². The summed E-state index contributed by atoms with van der Waals surface area (Å²) in [6.45, 7) is 2.07. The summed E-state index contributed by atoms with van der Waals surface area (Å²) in [5.74, 6) is 0. The maximum Gasteiger partial charge on any atom is 0.120 e. The molecule has 0 amide bonds. The van der Waals surface area contributed by atoms with Crippen LogP contribution in [0.25, 0.3) is 0 Å². The number of piperidine rings is 1. The minimum absolute atomic E-state index is 0. The third kappa shape index (κ3) is 3.94. The zero-order valence-corrected chi connectivity index (χ0v) is 9.40. The van der Waals surface area contributed by atoms with Gasteiger partial charge in [0, 0.05) is 34.2 Å². The zero-order chi connectivity index (χ0) is 6.53. The molecule has 3 nitrogen and oxygen atoms in total. The van der Waals surface area contributed by atoms with Crippen LogP contribution in [0.15, 0.2) is 0 Å². The average Bonchev–Trinajstić information content (AvgIpc) is 1.91. The van der Waals surface area contributed by atoms with E-state index in [1.165, 1.54) is 19.3 Å². The molecular weight excluding hydrogens is 322 g/mol. The summed E-state index contributed by atoms with van der Waals surface area (Å²) in [6, 6.07) is 0. The Bertz CT molecular complexity index is 77.3. The number of hydrogen-bond acceptors (Lipinski definition) is 4. The van der Waals surface area contributed by atoms with Crippen LogP contribution in [0.3, 0.4) is 0 Å². The van der Waals surface area contributed by atoms with Gasteiger partial charge < -0.3 is 0 Å². The van der Waals surface area contributed by atoms with Crippen LogP contribution in [-0.4, -0.2) is 22.7 Å².